The van der Waals surface area contributed by atoms with Gasteiger partial charge in [-0.05, 0) is 18.9 Å². The number of hydrogen-bond acceptors (Lipinski definition) is 10. The summed E-state index contributed by atoms with van der Waals surface area (Å²) in [5.41, 5.74) is 0.752. The molecule has 0 aliphatic carbocycles. The van der Waals surface area contributed by atoms with Gasteiger partial charge in [0.05, 0.1) is 23.9 Å². The summed E-state index contributed by atoms with van der Waals surface area (Å²) in [6.45, 7) is 0.897. The average molecular weight is 564 g/mol. The Balaban J connectivity index is 1.53. The number of amidine groups is 1. The number of carboxylic acid groups (broad SMARTS) is 1. The van der Waals surface area contributed by atoms with E-state index in [1.54, 1.807) is 11.6 Å². The molecule has 1 fully saturated rings. The first-order valence-electron chi connectivity index (χ1n) is 11.4. The Morgan fingerprint density at radius 1 is 1.26 bits per heavy atom. The molecule has 5 rings (SSSR count). The van der Waals surface area contributed by atoms with Crippen LogP contribution < -0.4 is 10.2 Å². The number of methoxy groups -OCH3 is 1. The zero-order valence-electron chi connectivity index (χ0n) is 19.8. The van der Waals surface area contributed by atoms with Crippen LogP contribution in [0, 0.1) is 17.6 Å². The number of carbonyl (C=O) groups is 2. The van der Waals surface area contributed by atoms with Crippen molar-refractivity contribution in [3.05, 3.63) is 74.2 Å². The summed E-state index contributed by atoms with van der Waals surface area (Å²) >= 11 is 7.52. The van der Waals surface area contributed by atoms with Crippen molar-refractivity contribution in [1.29, 1.82) is 0 Å². The molecule has 4 heterocycles. The number of nitrogens with one attached hydrogen (secondary N) is 1. The molecule has 14 heteroatoms. The molecule has 2 aromatic heterocycles. The number of halogens is 3. The number of oxazole rings is 1. The molecule has 0 spiro atoms. The van der Waals surface area contributed by atoms with Gasteiger partial charge in [-0.3, -0.25) is 4.99 Å². The zero-order chi connectivity index (χ0) is 27.0. The summed E-state index contributed by atoms with van der Waals surface area (Å²) in [6, 6.07) is 1.34. The quantitative estimate of drug-likeness (QED) is 0.335. The number of anilines is 1. The number of aromatic carboxylic acids is 1. The molecule has 0 amide bonds. The highest BCUT2D eigenvalue weighted by atomic mass is 35.5. The molecule has 3 aromatic rings. The molecule has 1 atom stereocenters. The number of thiazole rings is 1. The number of esters is 1. The van der Waals surface area contributed by atoms with Gasteiger partial charge in [-0.15, -0.1) is 11.3 Å². The molecule has 2 N–H and O–H groups in total. The van der Waals surface area contributed by atoms with Gasteiger partial charge in [0.15, 0.2) is 22.5 Å². The lowest BCUT2D eigenvalue weighted by Crippen LogP contribution is -2.41. The number of carbonyl (C=O) groups excluding carboxylic acids is 1. The van der Waals surface area contributed by atoms with Crippen LogP contribution in [-0.4, -0.2) is 53.0 Å². The van der Waals surface area contributed by atoms with E-state index in [4.69, 9.17) is 25.9 Å². The minimum Gasteiger partial charge on any atom is -0.475 e. The Morgan fingerprint density at radius 3 is 2.66 bits per heavy atom. The SMILES string of the molecule is COC(=O)C1=C(C2CCN(c3ncc(C(=O)O)o3)CC2)NC(c2nccs2)=NC1c1ccc(F)c(F)c1Cl. The molecule has 0 saturated carbocycles. The number of aliphatic imine (C=N–C) groups is 1. The van der Waals surface area contributed by atoms with E-state index in [0.29, 0.717) is 42.5 Å². The summed E-state index contributed by atoms with van der Waals surface area (Å²) in [6.07, 6.45) is 3.80. The summed E-state index contributed by atoms with van der Waals surface area (Å²) in [7, 11) is 1.22. The second-order valence-electron chi connectivity index (χ2n) is 8.50. The molecular formula is C24H20ClF2N5O5S. The predicted octanol–water partition coefficient (Wildman–Crippen LogP) is 4.20. The number of piperidine rings is 1. The second kappa shape index (κ2) is 10.5. The Hall–Kier alpha value is -3.84. The standard InChI is InChI=1S/C24H20ClF2N5O5S/c1-36-23(35)15-18(11-4-7-32(8-5-11)24-29-10-14(37-24)22(33)34)30-20(21-28-6-9-38-21)31-19(15)12-2-3-13(26)17(27)16(12)25/h2-3,6,9-11,19H,4-5,7-8H2,1H3,(H,30,31)(H,33,34). The molecule has 38 heavy (non-hydrogen) atoms. The van der Waals surface area contributed by atoms with Gasteiger partial charge in [0.1, 0.15) is 6.04 Å². The maximum Gasteiger partial charge on any atom is 0.373 e. The van der Waals surface area contributed by atoms with Crippen LogP contribution in [0.3, 0.4) is 0 Å². The molecule has 10 nitrogen and oxygen atoms in total. The van der Waals surface area contributed by atoms with Crippen LogP contribution in [0.5, 0.6) is 0 Å². The smallest absolute Gasteiger partial charge is 0.373 e. The summed E-state index contributed by atoms with van der Waals surface area (Å²) in [4.78, 5) is 39.0. The highest BCUT2D eigenvalue weighted by Crippen LogP contribution is 2.41. The first-order valence-corrected chi connectivity index (χ1v) is 12.7. The summed E-state index contributed by atoms with van der Waals surface area (Å²) < 4.78 is 38.7. The van der Waals surface area contributed by atoms with E-state index in [2.05, 4.69) is 20.3 Å². The Morgan fingerprint density at radius 2 is 2.03 bits per heavy atom. The lowest BCUT2D eigenvalue weighted by Gasteiger charge is -2.36. The number of rotatable bonds is 6. The monoisotopic (exact) mass is 563 g/mol. The number of hydrogen-bond donors (Lipinski definition) is 2. The number of benzene rings is 1. The van der Waals surface area contributed by atoms with E-state index >= 15 is 0 Å². The first-order chi connectivity index (χ1) is 18.3. The van der Waals surface area contributed by atoms with Crippen LogP contribution in [0.1, 0.15) is 40.0 Å². The van der Waals surface area contributed by atoms with Crippen molar-refractivity contribution in [1.82, 2.24) is 15.3 Å². The summed E-state index contributed by atoms with van der Waals surface area (Å²) in [5, 5.41) is 14.2. The lowest BCUT2D eigenvalue weighted by atomic mass is 9.85. The third-order valence-corrected chi connectivity index (χ3v) is 7.52. The Kier molecular flexibility index (Phi) is 7.13. The molecular weight excluding hydrogens is 544 g/mol. The van der Waals surface area contributed by atoms with Gasteiger partial charge in [0, 0.05) is 41.8 Å². The van der Waals surface area contributed by atoms with Crippen LogP contribution in [0.4, 0.5) is 14.8 Å². The number of ether oxygens (including phenoxy) is 1. The fourth-order valence-corrected chi connectivity index (χ4v) is 5.36. The van der Waals surface area contributed by atoms with Crippen LogP contribution in [0.2, 0.25) is 5.02 Å². The van der Waals surface area contributed by atoms with Gasteiger partial charge in [-0.1, -0.05) is 17.7 Å². The second-order valence-corrected chi connectivity index (χ2v) is 9.77. The van der Waals surface area contributed by atoms with Gasteiger partial charge in [0.2, 0.25) is 5.76 Å². The number of allylic oxidation sites excluding steroid dienone is 1. The van der Waals surface area contributed by atoms with Gasteiger partial charge in [-0.2, -0.15) is 0 Å². The Bertz CT molecular complexity index is 1450. The topological polar surface area (TPSA) is 130 Å². The largest absolute Gasteiger partial charge is 0.475 e. The first kappa shape index (κ1) is 25.8. The van der Waals surface area contributed by atoms with Crippen molar-refractivity contribution in [3.63, 3.8) is 0 Å². The van der Waals surface area contributed by atoms with E-state index in [-0.39, 0.29) is 28.8 Å². The third-order valence-electron chi connectivity index (χ3n) is 6.35. The van der Waals surface area contributed by atoms with Crippen molar-refractivity contribution >= 4 is 46.7 Å². The molecule has 1 unspecified atom stereocenters. The number of carboxylic acids is 1. The van der Waals surface area contributed by atoms with E-state index in [1.807, 2.05) is 4.90 Å². The van der Waals surface area contributed by atoms with Gasteiger partial charge >= 0.3 is 11.9 Å². The number of aromatic nitrogens is 2. The maximum atomic E-state index is 14.5. The maximum absolute atomic E-state index is 14.5. The number of nitrogens with zero attached hydrogens (tertiary/aromatic N) is 4. The van der Waals surface area contributed by atoms with E-state index in [9.17, 15) is 18.4 Å². The highest BCUT2D eigenvalue weighted by molar-refractivity contribution is 7.11. The predicted molar refractivity (Wildman–Crippen MR) is 133 cm³/mol. The molecule has 2 aliphatic heterocycles. The van der Waals surface area contributed by atoms with Crippen LogP contribution in [0.25, 0.3) is 0 Å². The van der Waals surface area contributed by atoms with Gasteiger partial charge in [-0.25, -0.2) is 28.3 Å². The Labute approximate surface area is 223 Å². The van der Waals surface area contributed by atoms with Crippen molar-refractivity contribution in [3.8, 4) is 0 Å². The van der Waals surface area contributed by atoms with Crippen molar-refractivity contribution in [2.24, 2.45) is 10.9 Å². The van der Waals surface area contributed by atoms with E-state index < -0.39 is 34.6 Å². The highest BCUT2D eigenvalue weighted by Gasteiger charge is 2.38. The molecule has 0 radical (unpaired) electrons. The minimum absolute atomic E-state index is 0.109. The van der Waals surface area contributed by atoms with Gasteiger partial charge < -0.3 is 24.5 Å². The fourth-order valence-electron chi connectivity index (χ4n) is 4.52. The molecule has 198 valence electrons. The molecule has 1 saturated heterocycles. The van der Waals surface area contributed by atoms with Gasteiger partial charge in [0.25, 0.3) is 6.01 Å². The third kappa shape index (κ3) is 4.74. The van der Waals surface area contributed by atoms with E-state index in [1.165, 1.54) is 24.5 Å². The average Bonchev–Trinajstić information content (AvgIpc) is 3.64. The fraction of sp³-hybridized carbons (Fsp3) is 0.292. The van der Waals surface area contributed by atoms with Crippen LogP contribution in [0.15, 0.2) is 50.6 Å². The molecule has 2 aliphatic rings. The van der Waals surface area contributed by atoms with E-state index in [0.717, 1.165) is 12.3 Å². The van der Waals surface area contributed by atoms with Crippen molar-refractivity contribution in [2.75, 3.05) is 25.1 Å². The zero-order valence-corrected chi connectivity index (χ0v) is 21.4. The lowest BCUT2D eigenvalue weighted by molar-refractivity contribution is -0.136. The van der Waals surface area contributed by atoms with Crippen molar-refractivity contribution < 1.29 is 32.6 Å². The minimum atomic E-state index is -1.24. The van der Waals surface area contributed by atoms with Crippen LogP contribution >= 0.6 is 22.9 Å². The van der Waals surface area contributed by atoms with Crippen LogP contribution in [-0.2, 0) is 9.53 Å². The molecule has 1 aromatic carbocycles. The molecule has 0 bridgehead atoms. The summed E-state index contributed by atoms with van der Waals surface area (Å²) in [5.74, 6) is -4.37. The van der Waals surface area contributed by atoms with Crippen molar-refractivity contribution in [2.45, 2.75) is 18.9 Å². The normalized spacial score (nSPS) is 18.3.